The molecule has 22 heavy (non-hydrogen) atoms. The predicted octanol–water partition coefficient (Wildman–Crippen LogP) is 1.85. The zero-order valence-electron chi connectivity index (χ0n) is 13.7. The number of benzene rings is 2. The molecule has 0 aliphatic rings. The first-order valence-corrected chi connectivity index (χ1v) is 7.08. The van der Waals surface area contributed by atoms with E-state index in [9.17, 15) is 8.78 Å². The Morgan fingerprint density at radius 1 is 1.05 bits per heavy atom. The second kappa shape index (κ2) is 11.5. The summed E-state index contributed by atoms with van der Waals surface area (Å²) >= 11 is 0. The fourth-order valence-corrected chi connectivity index (χ4v) is 1.77. The second-order valence-corrected chi connectivity index (χ2v) is 4.25. The van der Waals surface area contributed by atoms with Crippen molar-refractivity contribution in [3.05, 3.63) is 71.3 Å². The molecule has 0 fully saturated rings. The predicted molar refractivity (Wildman–Crippen MR) is 83.8 cm³/mol. The van der Waals surface area contributed by atoms with Crippen LogP contribution in [0.3, 0.4) is 0 Å². The molecule has 112 valence electrons. The van der Waals surface area contributed by atoms with Crippen LogP contribution in [0, 0.1) is 17.7 Å². The fourth-order valence-electron chi connectivity index (χ4n) is 1.77. The van der Waals surface area contributed by atoms with Crippen molar-refractivity contribution in [2.24, 2.45) is 4.99 Å². The average Bonchev–Trinajstić information content (AvgIpc) is 2.53. The van der Waals surface area contributed by atoms with E-state index in [4.69, 9.17) is 0 Å². The first-order valence-electron chi connectivity index (χ1n) is 7.08. The minimum absolute atomic E-state index is 0. The molecule has 2 rings (SSSR count). The number of rotatable bonds is 4. The van der Waals surface area contributed by atoms with Crippen LogP contribution in [-0.2, 0) is 6.42 Å². The molecule has 2 aromatic carbocycles. The van der Waals surface area contributed by atoms with Crippen LogP contribution in [0.15, 0.2) is 47.5 Å². The monoisotopic (exact) mass is 311 g/mol. The summed E-state index contributed by atoms with van der Waals surface area (Å²) in [5.74, 6) is -1.62. The Labute approximate surface area is 153 Å². The Hall–Kier alpha value is -1.03. The molecule has 0 amide bonds. The first kappa shape index (κ1) is 21.0. The zero-order valence-corrected chi connectivity index (χ0v) is 15.7. The molecular weight excluding hydrogens is 291 g/mol. The van der Waals surface area contributed by atoms with Crippen molar-refractivity contribution in [2.45, 2.75) is 27.2 Å². The Kier molecular flexibility index (Phi) is 11.0. The second-order valence-electron chi connectivity index (χ2n) is 4.25. The molecule has 1 nitrogen and oxygen atoms in total. The van der Waals surface area contributed by atoms with E-state index < -0.39 is 11.6 Å². The Morgan fingerprint density at radius 2 is 1.68 bits per heavy atom. The Bertz CT molecular complexity index is 583. The maximum Gasteiger partial charge on any atom is 1.00 e. The van der Waals surface area contributed by atoms with Gasteiger partial charge in [-0.15, -0.1) is 5.56 Å². The molecule has 0 saturated heterocycles. The third-order valence-corrected chi connectivity index (χ3v) is 2.87. The van der Waals surface area contributed by atoms with Crippen molar-refractivity contribution in [3.8, 4) is 0 Å². The summed E-state index contributed by atoms with van der Waals surface area (Å²) in [6.45, 7) is 6.48. The third kappa shape index (κ3) is 6.82. The largest absolute Gasteiger partial charge is 1.00 e. The molecule has 4 heteroatoms. The molecule has 0 heterocycles. The van der Waals surface area contributed by atoms with Gasteiger partial charge in [0.2, 0.25) is 0 Å². The quantitative estimate of drug-likeness (QED) is 0.464. The number of hydrogen-bond donors (Lipinski definition) is 0. The van der Waals surface area contributed by atoms with E-state index in [1.165, 1.54) is 6.07 Å². The van der Waals surface area contributed by atoms with Gasteiger partial charge in [0.25, 0.3) is 0 Å². The third-order valence-electron chi connectivity index (χ3n) is 2.87. The first-order chi connectivity index (χ1) is 10.2. The van der Waals surface area contributed by atoms with Crippen LogP contribution in [0.2, 0.25) is 0 Å². The van der Waals surface area contributed by atoms with Gasteiger partial charge in [-0.1, -0.05) is 19.9 Å². The maximum atomic E-state index is 13.0. The van der Waals surface area contributed by atoms with Gasteiger partial charge in [0.05, 0.1) is 0 Å². The van der Waals surface area contributed by atoms with Gasteiger partial charge in [0, 0.05) is 12.3 Å². The van der Waals surface area contributed by atoms with Crippen LogP contribution in [0.5, 0.6) is 0 Å². The molecule has 2 aromatic rings. The van der Waals surface area contributed by atoms with Crippen molar-refractivity contribution in [3.63, 3.8) is 0 Å². The van der Waals surface area contributed by atoms with E-state index in [1.807, 2.05) is 45.0 Å². The van der Waals surface area contributed by atoms with Crippen molar-refractivity contribution in [2.75, 3.05) is 6.54 Å². The zero-order chi connectivity index (χ0) is 15.7. The smallest absolute Gasteiger partial charge is 0.291 e. The maximum absolute atomic E-state index is 13.0. The van der Waals surface area contributed by atoms with E-state index in [1.54, 1.807) is 6.07 Å². The van der Waals surface area contributed by atoms with Crippen LogP contribution in [0.25, 0.3) is 0 Å². The van der Waals surface area contributed by atoms with Gasteiger partial charge < -0.3 is 0 Å². The summed E-state index contributed by atoms with van der Waals surface area (Å²) in [5, 5.41) is 0. The van der Waals surface area contributed by atoms with E-state index in [-0.39, 0.29) is 29.6 Å². The van der Waals surface area contributed by atoms with Gasteiger partial charge in [0.15, 0.2) is 11.6 Å². The van der Waals surface area contributed by atoms with E-state index in [0.29, 0.717) is 13.0 Å². The number of hydrogen-bond acceptors (Lipinski definition) is 1. The van der Waals surface area contributed by atoms with Crippen LogP contribution in [-0.4, -0.2) is 12.3 Å². The average molecular weight is 311 g/mol. The van der Waals surface area contributed by atoms with Crippen molar-refractivity contribution >= 4 is 5.71 Å². The molecule has 0 atom stereocenters. The summed E-state index contributed by atoms with van der Waals surface area (Å²) in [6.07, 6.45) is 0.591. The standard InChI is InChI=1S/C16H14F2N.C2H6.Na/c1-12(14-5-3-2-4-6-14)19-10-9-13-7-8-15(17)16(18)11-13;1-2;/h3-8,11H,9-10H2,1H3;1-2H3;/q-1;;+1. The van der Waals surface area contributed by atoms with Gasteiger partial charge in [-0.3, -0.25) is 4.99 Å². The van der Waals surface area contributed by atoms with Crippen molar-refractivity contribution in [1.82, 2.24) is 0 Å². The normalized spacial score (nSPS) is 10.3. The van der Waals surface area contributed by atoms with E-state index in [0.717, 1.165) is 22.9 Å². The molecule has 0 aliphatic heterocycles. The van der Waals surface area contributed by atoms with Crippen LogP contribution in [0.1, 0.15) is 31.9 Å². The van der Waals surface area contributed by atoms with E-state index in [2.05, 4.69) is 11.1 Å². The molecule has 0 bridgehead atoms. The molecular formula is C18H20F2NNa. The molecule has 0 N–H and O–H groups in total. The minimum Gasteiger partial charge on any atom is -0.291 e. The summed E-state index contributed by atoms with van der Waals surface area (Å²) in [6, 6.07) is 14.5. The van der Waals surface area contributed by atoms with Gasteiger partial charge >= 0.3 is 29.6 Å². The molecule has 0 saturated carbocycles. The van der Waals surface area contributed by atoms with E-state index >= 15 is 0 Å². The summed E-state index contributed by atoms with van der Waals surface area (Å²) in [5.41, 5.74) is 2.72. The summed E-state index contributed by atoms with van der Waals surface area (Å²) in [7, 11) is 0. The van der Waals surface area contributed by atoms with Crippen LogP contribution < -0.4 is 29.6 Å². The number of halogens is 2. The molecule has 0 radical (unpaired) electrons. The van der Waals surface area contributed by atoms with Crippen molar-refractivity contribution in [1.29, 1.82) is 0 Å². The number of aliphatic imine (C=N–C) groups is 1. The Balaban J connectivity index is 0.00000141. The molecule has 0 unspecified atom stereocenters. The minimum atomic E-state index is -0.816. The van der Waals surface area contributed by atoms with Crippen LogP contribution in [0.4, 0.5) is 8.78 Å². The Morgan fingerprint density at radius 3 is 2.27 bits per heavy atom. The topological polar surface area (TPSA) is 12.4 Å². The van der Waals surface area contributed by atoms with Crippen molar-refractivity contribution < 1.29 is 38.3 Å². The fraction of sp³-hybridized carbons (Fsp3) is 0.278. The molecule has 0 spiro atoms. The van der Waals surface area contributed by atoms with Gasteiger partial charge in [-0.05, 0) is 31.0 Å². The SMILES string of the molecule is CC.CC(=NCCc1ccc(F)c(F)c1)c1cc[c-]cc1.[Na+]. The molecule has 0 aliphatic carbocycles. The van der Waals surface area contributed by atoms with Crippen LogP contribution >= 0.6 is 0 Å². The summed E-state index contributed by atoms with van der Waals surface area (Å²) < 4.78 is 25.8. The van der Waals surface area contributed by atoms with Gasteiger partial charge in [-0.25, -0.2) is 8.78 Å². The molecule has 0 aromatic heterocycles. The van der Waals surface area contributed by atoms with Gasteiger partial charge in [0.1, 0.15) is 0 Å². The number of nitrogens with zero attached hydrogens (tertiary/aromatic N) is 1. The van der Waals surface area contributed by atoms with Gasteiger partial charge in [-0.2, -0.15) is 30.3 Å². The summed E-state index contributed by atoms with van der Waals surface area (Å²) in [4.78, 5) is 4.43.